The van der Waals surface area contributed by atoms with Crippen LogP contribution < -0.4 is 0 Å². The lowest BCUT2D eigenvalue weighted by Crippen LogP contribution is -2.07. The molecule has 0 aliphatic carbocycles. The summed E-state index contributed by atoms with van der Waals surface area (Å²) in [6.07, 6.45) is 4.68. The molecule has 0 bridgehead atoms. The van der Waals surface area contributed by atoms with Gasteiger partial charge >= 0.3 is 0 Å². The first-order valence-corrected chi connectivity index (χ1v) is 6.71. The van der Waals surface area contributed by atoms with E-state index < -0.39 is 0 Å². The van der Waals surface area contributed by atoms with Gasteiger partial charge in [-0.05, 0) is 48.5 Å². The van der Waals surface area contributed by atoms with Gasteiger partial charge in [0.15, 0.2) is 0 Å². The molecule has 0 aromatic carbocycles. The Kier molecular flexibility index (Phi) is 5.49. The highest BCUT2D eigenvalue weighted by molar-refractivity contribution is 9.10. The fourth-order valence-electron chi connectivity index (χ4n) is 1.93. The van der Waals surface area contributed by atoms with Crippen molar-refractivity contribution >= 4 is 15.9 Å². The van der Waals surface area contributed by atoms with Crippen LogP contribution in [0, 0.1) is 6.92 Å². The van der Waals surface area contributed by atoms with E-state index in [9.17, 15) is 5.11 Å². The average Bonchev–Trinajstić information content (AvgIpc) is 2.45. The number of aromatic nitrogens is 2. The van der Waals surface area contributed by atoms with Gasteiger partial charge in [0.05, 0.1) is 22.0 Å². The minimum absolute atomic E-state index is 0.141. The molecule has 1 N–H and O–H groups in total. The van der Waals surface area contributed by atoms with Crippen LogP contribution in [0.4, 0.5) is 0 Å². The van der Waals surface area contributed by atoms with Crippen LogP contribution in [-0.4, -0.2) is 21.0 Å². The predicted octanol–water partition coefficient (Wildman–Crippen LogP) is 2.97. The average molecular weight is 289 g/mol. The second-order valence-electron chi connectivity index (χ2n) is 4.30. The lowest BCUT2D eigenvalue weighted by atomic mass is 10.1. The van der Waals surface area contributed by atoms with Gasteiger partial charge in [-0.1, -0.05) is 13.3 Å². The third kappa shape index (κ3) is 3.59. The molecule has 1 aromatic heterocycles. The Labute approximate surface area is 106 Å². The number of aliphatic hydroxyl groups is 1. The van der Waals surface area contributed by atoms with Gasteiger partial charge in [-0.3, -0.25) is 4.68 Å². The normalized spacial score (nSPS) is 13.1. The monoisotopic (exact) mass is 288 g/mol. The third-order valence-electron chi connectivity index (χ3n) is 2.83. The number of hydrogen-bond donors (Lipinski definition) is 1. The Morgan fingerprint density at radius 1 is 1.44 bits per heavy atom. The number of aryl methyl sites for hydroxylation is 2. The van der Waals surface area contributed by atoms with Crippen molar-refractivity contribution in [1.82, 2.24) is 9.78 Å². The molecule has 1 heterocycles. The molecular formula is C12H21BrN2O. The molecule has 0 spiro atoms. The van der Waals surface area contributed by atoms with Crippen LogP contribution in [0.25, 0.3) is 0 Å². The van der Waals surface area contributed by atoms with Crippen LogP contribution in [0.2, 0.25) is 0 Å². The van der Waals surface area contributed by atoms with Gasteiger partial charge in [-0.15, -0.1) is 0 Å². The summed E-state index contributed by atoms with van der Waals surface area (Å²) in [4.78, 5) is 0. The largest absolute Gasteiger partial charge is 0.393 e. The van der Waals surface area contributed by atoms with E-state index in [-0.39, 0.29) is 6.10 Å². The highest BCUT2D eigenvalue weighted by atomic mass is 79.9. The van der Waals surface area contributed by atoms with Crippen molar-refractivity contribution in [3.8, 4) is 0 Å². The van der Waals surface area contributed by atoms with Crippen LogP contribution >= 0.6 is 15.9 Å². The predicted molar refractivity (Wildman–Crippen MR) is 69.5 cm³/mol. The molecule has 0 saturated heterocycles. The third-order valence-corrected chi connectivity index (χ3v) is 3.87. The van der Waals surface area contributed by atoms with Gasteiger partial charge in [-0.25, -0.2) is 0 Å². The second-order valence-corrected chi connectivity index (χ2v) is 5.10. The minimum atomic E-state index is -0.141. The van der Waals surface area contributed by atoms with Crippen LogP contribution in [-0.2, 0) is 13.5 Å². The number of nitrogens with zero attached hydrogens (tertiary/aromatic N) is 2. The number of aliphatic hydroxyl groups excluding tert-OH is 1. The van der Waals surface area contributed by atoms with E-state index in [1.54, 1.807) is 0 Å². The van der Waals surface area contributed by atoms with Crippen LogP contribution in [0.15, 0.2) is 4.47 Å². The van der Waals surface area contributed by atoms with Crippen molar-refractivity contribution in [3.05, 3.63) is 15.9 Å². The first kappa shape index (κ1) is 13.7. The van der Waals surface area contributed by atoms with Gasteiger partial charge in [-0.2, -0.15) is 5.10 Å². The van der Waals surface area contributed by atoms with E-state index in [1.807, 2.05) is 18.7 Å². The number of halogens is 1. The molecule has 1 rings (SSSR count). The molecule has 0 radical (unpaired) electrons. The molecule has 0 saturated carbocycles. The maximum absolute atomic E-state index is 9.64. The molecule has 4 heteroatoms. The SMILES string of the molecule is CCCC(O)CCCc1c(Br)c(C)nn1C. The summed E-state index contributed by atoms with van der Waals surface area (Å²) in [5.41, 5.74) is 2.26. The second kappa shape index (κ2) is 6.40. The maximum Gasteiger partial charge on any atom is 0.0738 e. The molecule has 0 aliphatic rings. The molecule has 0 fully saturated rings. The van der Waals surface area contributed by atoms with E-state index in [2.05, 4.69) is 28.0 Å². The summed E-state index contributed by atoms with van der Waals surface area (Å²) in [5.74, 6) is 0. The zero-order valence-corrected chi connectivity index (χ0v) is 11.9. The van der Waals surface area contributed by atoms with Gasteiger partial charge in [0.2, 0.25) is 0 Å². The van der Waals surface area contributed by atoms with Crippen molar-refractivity contribution in [3.63, 3.8) is 0 Å². The van der Waals surface area contributed by atoms with E-state index in [0.29, 0.717) is 0 Å². The Bertz CT molecular complexity index is 336. The van der Waals surface area contributed by atoms with E-state index >= 15 is 0 Å². The first-order valence-electron chi connectivity index (χ1n) is 5.92. The van der Waals surface area contributed by atoms with Crippen molar-refractivity contribution in [1.29, 1.82) is 0 Å². The number of rotatable bonds is 6. The zero-order chi connectivity index (χ0) is 12.1. The smallest absolute Gasteiger partial charge is 0.0738 e. The zero-order valence-electron chi connectivity index (χ0n) is 10.3. The fourth-order valence-corrected chi connectivity index (χ4v) is 2.47. The van der Waals surface area contributed by atoms with Gasteiger partial charge in [0, 0.05) is 7.05 Å². The molecule has 1 aromatic rings. The summed E-state index contributed by atoms with van der Waals surface area (Å²) in [5, 5.41) is 14.0. The summed E-state index contributed by atoms with van der Waals surface area (Å²) in [6.45, 7) is 4.10. The molecule has 0 amide bonds. The molecule has 16 heavy (non-hydrogen) atoms. The standard InChI is InChI=1S/C12H21BrN2O/c1-4-6-10(16)7-5-8-11-12(13)9(2)14-15(11)3/h10,16H,4-8H2,1-3H3. The van der Waals surface area contributed by atoms with Crippen LogP contribution in [0.5, 0.6) is 0 Å². The van der Waals surface area contributed by atoms with E-state index in [0.717, 1.165) is 42.3 Å². The van der Waals surface area contributed by atoms with Crippen LogP contribution in [0.1, 0.15) is 44.0 Å². The van der Waals surface area contributed by atoms with Crippen molar-refractivity contribution in [2.24, 2.45) is 7.05 Å². The molecule has 92 valence electrons. The molecule has 3 nitrogen and oxygen atoms in total. The first-order chi connectivity index (χ1) is 7.56. The van der Waals surface area contributed by atoms with Crippen molar-refractivity contribution in [2.45, 2.75) is 52.1 Å². The van der Waals surface area contributed by atoms with E-state index in [1.165, 1.54) is 5.69 Å². The Hall–Kier alpha value is -0.350. The topological polar surface area (TPSA) is 38.1 Å². The number of hydrogen-bond acceptors (Lipinski definition) is 2. The molecular weight excluding hydrogens is 268 g/mol. The van der Waals surface area contributed by atoms with Crippen LogP contribution in [0.3, 0.4) is 0 Å². The van der Waals surface area contributed by atoms with Gasteiger partial charge in [0.1, 0.15) is 0 Å². The lowest BCUT2D eigenvalue weighted by Gasteiger charge is -2.09. The fraction of sp³-hybridized carbons (Fsp3) is 0.750. The summed E-state index contributed by atoms with van der Waals surface area (Å²) < 4.78 is 3.03. The highest BCUT2D eigenvalue weighted by Gasteiger charge is 2.11. The van der Waals surface area contributed by atoms with Gasteiger partial charge in [0.25, 0.3) is 0 Å². The summed E-state index contributed by atoms with van der Waals surface area (Å²) >= 11 is 3.55. The minimum Gasteiger partial charge on any atom is -0.393 e. The lowest BCUT2D eigenvalue weighted by molar-refractivity contribution is 0.151. The molecule has 0 aliphatic heterocycles. The van der Waals surface area contributed by atoms with Crippen molar-refractivity contribution in [2.75, 3.05) is 0 Å². The van der Waals surface area contributed by atoms with Crippen molar-refractivity contribution < 1.29 is 5.11 Å². The van der Waals surface area contributed by atoms with E-state index in [4.69, 9.17) is 0 Å². The maximum atomic E-state index is 9.64. The highest BCUT2D eigenvalue weighted by Crippen LogP contribution is 2.22. The Morgan fingerprint density at radius 3 is 2.62 bits per heavy atom. The summed E-state index contributed by atoms with van der Waals surface area (Å²) in [6, 6.07) is 0. The van der Waals surface area contributed by atoms with Gasteiger partial charge < -0.3 is 5.11 Å². The Balaban J connectivity index is 2.43. The summed E-state index contributed by atoms with van der Waals surface area (Å²) in [7, 11) is 1.97. The molecule has 1 unspecified atom stereocenters. The Morgan fingerprint density at radius 2 is 2.12 bits per heavy atom. The quantitative estimate of drug-likeness (QED) is 0.874. The molecule has 1 atom stereocenters.